The molecule has 0 amide bonds. The Balaban J connectivity index is 3.64. The van der Waals surface area contributed by atoms with E-state index in [0.29, 0.717) is 5.92 Å². The zero-order chi connectivity index (χ0) is 12.8. The van der Waals surface area contributed by atoms with Crippen LogP contribution in [0.25, 0.3) is 0 Å². The van der Waals surface area contributed by atoms with Gasteiger partial charge in [0.25, 0.3) is 0 Å². The molecule has 0 heterocycles. The largest absolute Gasteiger partial charge is 0.481 e. The summed E-state index contributed by atoms with van der Waals surface area (Å²) in [6.07, 6.45) is 2.83. The van der Waals surface area contributed by atoms with Crippen LogP contribution in [-0.4, -0.2) is 36.1 Å². The van der Waals surface area contributed by atoms with Crippen molar-refractivity contribution in [3.63, 3.8) is 0 Å². The summed E-state index contributed by atoms with van der Waals surface area (Å²) in [6, 6.07) is 0. The van der Waals surface area contributed by atoms with Gasteiger partial charge in [-0.25, -0.2) is 0 Å². The molecule has 0 aliphatic heterocycles. The van der Waals surface area contributed by atoms with E-state index in [2.05, 4.69) is 25.8 Å². The van der Waals surface area contributed by atoms with E-state index in [9.17, 15) is 4.79 Å². The van der Waals surface area contributed by atoms with Crippen molar-refractivity contribution in [3.8, 4) is 0 Å². The molecule has 0 aliphatic rings. The molecular formula is C13H27NO2. The Bertz CT molecular complexity index is 212. The van der Waals surface area contributed by atoms with Crippen LogP contribution in [0.2, 0.25) is 0 Å². The summed E-state index contributed by atoms with van der Waals surface area (Å²) in [6.45, 7) is 10.2. The van der Waals surface area contributed by atoms with Gasteiger partial charge in [-0.3, -0.25) is 4.79 Å². The van der Waals surface area contributed by atoms with E-state index in [1.54, 1.807) is 13.8 Å². The van der Waals surface area contributed by atoms with Crippen LogP contribution in [0.1, 0.15) is 47.0 Å². The second-order valence-corrected chi connectivity index (χ2v) is 5.80. The lowest BCUT2D eigenvalue weighted by molar-refractivity contribution is -0.147. The lowest BCUT2D eigenvalue weighted by atomic mass is 9.87. The van der Waals surface area contributed by atoms with Crippen molar-refractivity contribution in [1.29, 1.82) is 0 Å². The van der Waals surface area contributed by atoms with E-state index in [1.807, 2.05) is 0 Å². The molecule has 0 saturated heterocycles. The van der Waals surface area contributed by atoms with Gasteiger partial charge in [0.15, 0.2) is 0 Å². The first-order valence-corrected chi connectivity index (χ1v) is 6.17. The van der Waals surface area contributed by atoms with Crippen LogP contribution < -0.4 is 0 Å². The van der Waals surface area contributed by atoms with Gasteiger partial charge >= 0.3 is 5.97 Å². The Morgan fingerprint density at radius 3 is 2.31 bits per heavy atom. The first-order chi connectivity index (χ1) is 7.25. The van der Waals surface area contributed by atoms with E-state index >= 15 is 0 Å². The first-order valence-electron chi connectivity index (χ1n) is 6.17. The smallest absolute Gasteiger partial charge is 0.309 e. The second-order valence-electron chi connectivity index (χ2n) is 5.80. The zero-order valence-electron chi connectivity index (χ0n) is 11.4. The zero-order valence-corrected chi connectivity index (χ0v) is 11.4. The molecule has 0 aliphatic carbocycles. The molecule has 3 nitrogen and oxygen atoms in total. The molecule has 0 bridgehead atoms. The number of aliphatic carboxylic acids is 1. The van der Waals surface area contributed by atoms with Crippen LogP contribution in [0.15, 0.2) is 0 Å². The molecule has 16 heavy (non-hydrogen) atoms. The summed E-state index contributed by atoms with van der Waals surface area (Å²) in [5, 5.41) is 8.96. The lowest BCUT2D eigenvalue weighted by Crippen LogP contribution is -2.26. The van der Waals surface area contributed by atoms with Crippen molar-refractivity contribution in [1.82, 2.24) is 4.90 Å². The third-order valence-electron chi connectivity index (χ3n) is 2.85. The average Bonchev–Trinajstić information content (AvgIpc) is 2.11. The molecular weight excluding hydrogens is 202 g/mol. The number of hydrogen-bond acceptors (Lipinski definition) is 2. The monoisotopic (exact) mass is 229 g/mol. The molecule has 0 radical (unpaired) electrons. The summed E-state index contributed by atoms with van der Waals surface area (Å²) < 4.78 is 0. The number of unbranched alkanes of at least 4 members (excludes halogenated alkanes) is 1. The van der Waals surface area contributed by atoms with Crippen molar-refractivity contribution < 1.29 is 9.90 Å². The van der Waals surface area contributed by atoms with Gasteiger partial charge in [0, 0.05) is 6.54 Å². The van der Waals surface area contributed by atoms with Gasteiger partial charge in [-0.15, -0.1) is 0 Å². The number of carboxylic acid groups (broad SMARTS) is 1. The Morgan fingerprint density at radius 1 is 1.31 bits per heavy atom. The van der Waals surface area contributed by atoms with Gasteiger partial charge < -0.3 is 10.0 Å². The fourth-order valence-electron chi connectivity index (χ4n) is 1.77. The Hall–Kier alpha value is -0.570. The molecule has 0 atom stereocenters. The maximum atomic E-state index is 10.9. The summed E-state index contributed by atoms with van der Waals surface area (Å²) in [5.74, 6) is 0.00324. The summed E-state index contributed by atoms with van der Waals surface area (Å²) in [7, 11) is 2.13. The van der Waals surface area contributed by atoms with Gasteiger partial charge in [-0.2, -0.15) is 0 Å². The molecule has 0 aromatic heterocycles. The molecule has 0 fully saturated rings. The van der Waals surface area contributed by atoms with Crippen LogP contribution in [0.4, 0.5) is 0 Å². The predicted molar refractivity (Wildman–Crippen MR) is 67.6 cm³/mol. The number of hydrogen-bond donors (Lipinski definition) is 1. The molecule has 0 aromatic carbocycles. The Morgan fingerprint density at radius 2 is 1.88 bits per heavy atom. The molecule has 0 saturated carbocycles. The van der Waals surface area contributed by atoms with Crippen LogP contribution in [0, 0.1) is 11.3 Å². The number of carbonyl (C=O) groups is 1. The van der Waals surface area contributed by atoms with Crippen LogP contribution in [0.3, 0.4) is 0 Å². The maximum absolute atomic E-state index is 10.9. The van der Waals surface area contributed by atoms with E-state index in [1.165, 1.54) is 0 Å². The van der Waals surface area contributed by atoms with Gasteiger partial charge in [-0.1, -0.05) is 20.3 Å². The second kappa shape index (κ2) is 6.89. The molecule has 0 aromatic rings. The Kier molecular flexibility index (Phi) is 6.65. The number of nitrogens with zero attached hydrogens (tertiary/aromatic N) is 1. The minimum atomic E-state index is -0.692. The van der Waals surface area contributed by atoms with Gasteiger partial charge in [0.05, 0.1) is 5.41 Å². The van der Waals surface area contributed by atoms with Gasteiger partial charge in [0.1, 0.15) is 0 Å². The molecule has 0 rings (SSSR count). The van der Waals surface area contributed by atoms with Crippen LogP contribution in [0.5, 0.6) is 0 Å². The molecule has 3 heteroatoms. The normalized spacial score (nSPS) is 12.4. The number of carboxylic acids is 1. The maximum Gasteiger partial charge on any atom is 0.309 e. The fraction of sp³-hybridized carbons (Fsp3) is 0.923. The van der Waals surface area contributed by atoms with Crippen molar-refractivity contribution in [2.75, 3.05) is 20.1 Å². The SMILES string of the molecule is CC(C)CN(C)CCCCC(C)(C)C(=O)O. The highest BCUT2D eigenvalue weighted by Crippen LogP contribution is 2.23. The minimum Gasteiger partial charge on any atom is -0.481 e. The number of rotatable bonds is 8. The third-order valence-corrected chi connectivity index (χ3v) is 2.85. The topological polar surface area (TPSA) is 40.5 Å². The average molecular weight is 229 g/mol. The Labute approximate surface area is 99.8 Å². The third kappa shape index (κ3) is 6.83. The van der Waals surface area contributed by atoms with E-state index in [-0.39, 0.29) is 0 Å². The summed E-state index contributed by atoms with van der Waals surface area (Å²) in [5.41, 5.74) is -0.573. The van der Waals surface area contributed by atoms with Gasteiger partial charge in [-0.05, 0) is 46.2 Å². The molecule has 0 spiro atoms. The van der Waals surface area contributed by atoms with Crippen LogP contribution in [-0.2, 0) is 4.79 Å². The highest BCUT2D eigenvalue weighted by Gasteiger charge is 2.25. The highest BCUT2D eigenvalue weighted by atomic mass is 16.4. The van der Waals surface area contributed by atoms with Gasteiger partial charge in [0.2, 0.25) is 0 Å². The van der Waals surface area contributed by atoms with Crippen molar-refractivity contribution in [3.05, 3.63) is 0 Å². The fourth-order valence-corrected chi connectivity index (χ4v) is 1.77. The quantitative estimate of drug-likeness (QED) is 0.651. The van der Waals surface area contributed by atoms with E-state index < -0.39 is 11.4 Å². The van der Waals surface area contributed by atoms with Crippen molar-refractivity contribution in [2.45, 2.75) is 47.0 Å². The van der Waals surface area contributed by atoms with E-state index in [0.717, 1.165) is 32.4 Å². The van der Waals surface area contributed by atoms with Crippen LogP contribution >= 0.6 is 0 Å². The predicted octanol–water partition coefficient (Wildman–Crippen LogP) is 2.86. The van der Waals surface area contributed by atoms with Crippen molar-refractivity contribution >= 4 is 5.97 Å². The molecule has 1 N–H and O–H groups in total. The standard InChI is InChI=1S/C13H27NO2/c1-11(2)10-14(5)9-7-6-8-13(3,4)12(15)16/h11H,6-10H2,1-5H3,(H,15,16). The van der Waals surface area contributed by atoms with E-state index in [4.69, 9.17) is 5.11 Å². The lowest BCUT2D eigenvalue weighted by Gasteiger charge is -2.21. The summed E-state index contributed by atoms with van der Waals surface area (Å²) >= 11 is 0. The molecule has 96 valence electrons. The summed E-state index contributed by atoms with van der Waals surface area (Å²) in [4.78, 5) is 13.2. The van der Waals surface area contributed by atoms with Crippen molar-refractivity contribution in [2.24, 2.45) is 11.3 Å². The minimum absolute atomic E-state index is 0.573. The first kappa shape index (κ1) is 15.4. The highest BCUT2D eigenvalue weighted by molar-refractivity contribution is 5.73. The molecule has 0 unspecified atom stereocenters.